The first kappa shape index (κ1) is 17.6. The van der Waals surface area contributed by atoms with E-state index in [-0.39, 0.29) is 11.3 Å². The Hall–Kier alpha value is -0.770. The second-order valence-electron chi connectivity index (χ2n) is 6.67. The minimum atomic E-state index is -0.963. The van der Waals surface area contributed by atoms with Gasteiger partial charge in [-0.15, -0.1) is 23.2 Å². The molecule has 2 aromatic heterocycles. The Morgan fingerprint density at radius 3 is 2.27 bits per heavy atom. The lowest BCUT2D eigenvalue weighted by Gasteiger charge is -2.37. The van der Waals surface area contributed by atoms with Crippen molar-refractivity contribution in [1.82, 2.24) is 14.8 Å². The molecule has 0 aliphatic rings. The quantitative estimate of drug-likeness (QED) is 0.671. The fourth-order valence-electron chi connectivity index (χ4n) is 2.94. The third-order valence-electron chi connectivity index (χ3n) is 3.60. The van der Waals surface area contributed by atoms with Gasteiger partial charge in [-0.1, -0.05) is 32.4 Å². The highest BCUT2D eigenvalue weighted by molar-refractivity contribution is 6.48. The third kappa shape index (κ3) is 3.42. The summed E-state index contributed by atoms with van der Waals surface area (Å²) in [5, 5.41) is 5.08. The van der Waals surface area contributed by atoms with Gasteiger partial charge in [0.1, 0.15) is 9.49 Å². The summed E-state index contributed by atoms with van der Waals surface area (Å²) in [5.41, 5.74) is 2.34. The van der Waals surface area contributed by atoms with Crippen LogP contribution in [0.1, 0.15) is 44.9 Å². The van der Waals surface area contributed by atoms with Crippen molar-refractivity contribution >= 4 is 34.8 Å². The van der Waals surface area contributed by atoms with E-state index in [1.54, 1.807) is 24.0 Å². The predicted molar refractivity (Wildman–Crippen MR) is 93.4 cm³/mol. The Morgan fingerprint density at radius 2 is 1.82 bits per heavy atom. The Bertz CT molecular complexity index is 638. The molecular formula is C16H20Cl3N3. The lowest BCUT2D eigenvalue weighted by molar-refractivity contribution is 0.301. The van der Waals surface area contributed by atoms with Crippen molar-refractivity contribution in [2.24, 2.45) is 5.41 Å². The molecule has 0 bridgehead atoms. The summed E-state index contributed by atoms with van der Waals surface area (Å²) in [5.74, 6) is -0.166. The van der Waals surface area contributed by atoms with E-state index in [9.17, 15) is 0 Å². The van der Waals surface area contributed by atoms with Crippen molar-refractivity contribution in [2.75, 3.05) is 0 Å². The topological polar surface area (TPSA) is 30.7 Å². The normalized spacial score (nSPS) is 14.2. The van der Waals surface area contributed by atoms with Crippen LogP contribution in [0.15, 0.2) is 24.5 Å². The number of aryl methyl sites for hydroxylation is 1. The minimum Gasteiger partial charge on any atom is -0.262 e. The monoisotopic (exact) mass is 359 g/mol. The average molecular weight is 361 g/mol. The van der Waals surface area contributed by atoms with Crippen LogP contribution in [0.25, 0.3) is 5.69 Å². The highest BCUT2D eigenvalue weighted by atomic mass is 35.5. The molecule has 0 aliphatic heterocycles. The molecule has 2 aromatic rings. The molecule has 1 atom stereocenters. The summed E-state index contributed by atoms with van der Waals surface area (Å²) in [4.78, 5) is 4.11. The number of aromatic nitrogens is 3. The fourth-order valence-corrected chi connectivity index (χ4v) is 4.19. The zero-order chi connectivity index (χ0) is 16.7. The molecule has 3 nitrogen and oxygen atoms in total. The summed E-state index contributed by atoms with van der Waals surface area (Å²) >= 11 is 19.6. The van der Waals surface area contributed by atoms with Gasteiger partial charge in [-0.3, -0.25) is 4.98 Å². The van der Waals surface area contributed by atoms with Crippen LogP contribution in [0.4, 0.5) is 0 Å². The van der Waals surface area contributed by atoms with Crippen LogP contribution < -0.4 is 0 Å². The van der Waals surface area contributed by atoms with Gasteiger partial charge in [0.15, 0.2) is 0 Å². The number of nitrogens with zero attached hydrogens (tertiary/aromatic N) is 3. The molecule has 0 saturated heterocycles. The smallest absolute Gasteiger partial charge is 0.136 e. The van der Waals surface area contributed by atoms with Gasteiger partial charge < -0.3 is 0 Å². The van der Waals surface area contributed by atoms with Crippen molar-refractivity contribution in [3.63, 3.8) is 0 Å². The highest BCUT2D eigenvalue weighted by Crippen LogP contribution is 2.51. The van der Waals surface area contributed by atoms with Gasteiger partial charge in [-0.25, -0.2) is 4.68 Å². The maximum atomic E-state index is 6.63. The number of pyridine rings is 1. The summed E-state index contributed by atoms with van der Waals surface area (Å²) in [6.45, 7) is 10.0. The van der Waals surface area contributed by atoms with E-state index in [1.807, 2.05) is 19.1 Å². The first-order valence-corrected chi connectivity index (χ1v) is 8.20. The molecule has 1 unspecified atom stereocenters. The first-order valence-electron chi connectivity index (χ1n) is 7.06. The van der Waals surface area contributed by atoms with Gasteiger partial charge in [0, 0.05) is 17.7 Å². The average Bonchev–Trinajstić information content (AvgIpc) is 2.65. The maximum Gasteiger partial charge on any atom is 0.136 e. The Balaban J connectivity index is 2.64. The third-order valence-corrected chi connectivity index (χ3v) is 4.40. The molecule has 0 N–H and O–H groups in total. The van der Waals surface area contributed by atoms with Gasteiger partial charge in [0.2, 0.25) is 0 Å². The Morgan fingerprint density at radius 1 is 1.18 bits per heavy atom. The number of hydrogen-bond acceptors (Lipinski definition) is 2. The van der Waals surface area contributed by atoms with Gasteiger partial charge >= 0.3 is 0 Å². The molecular weight excluding hydrogens is 341 g/mol. The van der Waals surface area contributed by atoms with Crippen molar-refractivity contribution in [3.05, 3.63) is 40.9 Å². The molecule has 22 heavy (non-hydrogen) atoms. The molecule has 6 heteroatoms. The summed E-state index contributed by atoms with van der Waals surface area (Å²) < 4.78 is 0.715. The van der Waals surface area contributed by atoms with Gasteiger partial charge in [0.05, 0.1) is 17.6 Å². The standard InChI is InChI=1S/C16H20Cl3N3/c1-10-12(13(15(2,3)4)16(5,18)19)14(17)22(21-10)11-7-6-8-20-9-11/h6-9,13H,1-5H3. The van der Waals surface area contributed by atoms with Crippen molar-refractivity contribution in [3.8, 4) is 5.69 Å². The van der Waals surface area contributed by atoms with E-state index >= 15 is 0 Å². The lowest BCUT2D eigenvalue weighted by atomic mass is 9.74. The Labute approximate surface area is 146 Å². The number of rotatable bonds is 3. The zero-order valence-electron chi connectivity index (χ0n) is 13.4. The van der Waals surface area contributed by atoms with Gasteiger partial charge in [-0.05, 0) is 31.4 Å². The second-order valence-corrected chi connectivity index (χ2v) is 8.79. The van der Waals surface area contributed by atoms with E-state index in [2.05, 4.69) is 30.9 Å². The van der Waals surface area contributed by atoms with Crippen LogP contribution in [0.3, 0.4) is 0 Å². The summed E-state index contributed by atoms with van der Waals surface area (Å²) in [7, 11) is 0. The Kier molecular flexibility index (Phi) is 4.82. The highest BCUT2D eigenvalue weighted by Gasteiger charge is 2.43. The van der Waals surface area contributed by atoms with Crippen LogP contribution in [0.2, 0.25) is 5.15 Å². The van der Waals surface area contributed by atoms with E-state index in [4.69, 9.17) is 34.8 Å². The minimum absolute atomic E-state index is 0.166. The number of halogens is 3. The van der Waals surface area contributed by atoms with E-state index in [1.165, 1.54) is 0 Å². The molecule has 0 aromatic carbocycles. The van der Waals surface area contributed by atoms with E-state index < -0.39 is 4.33 Å². The van der Waals surface area contributed by atoms with Crippen LogP contribution in [-0.2, 0) is 0 Å². The second kappa shape index (κ2) is 6.03. The van der Waals surface area contributed by atoms with Crippen LogP contribution in [0, 0.1) is 12.3 Å². The van der Waals surface area contributed by atoms with E-state index in [0.717, 1.165) is 16.9 Å². The van der Waals surface area contributed by atoms with Crippen molar-refractivity contribution in [1.29, 1.82) is 0 Å². The predicted octanol–water partition coefficient (Wildman–Crippen LogP) is 5.55. The molecule has 2 rings (SSSR count). The van der Waals surface area contributed by atoms with Crippen LogP contribution in [-0.4, -0.2) is 19.1 Å². The number of alkyl halides is 2. The van der Waals surface area contributed by atoms with Crippen molar-refractivity contribution in [2.45, 2.75) is 44.9 Å². The largest absolute Gasteiger partial charge is 0.262 e. The molecule has 0 fully saturated rings. The lowest BCUT2D eigenvalue weighted by Crippen LogP contribution is -2.32. The van der Waals surface area contributed by atoms with Crippen LogP contribution >= 0.6 is 34.8 Å². The molecule has 0 amide bonds. The molecule has 2 heterocycles. The van der Waals surface area contributed by atoms with Crippen molar-refractivity contribution < 1.29 is 0 Å². The first-order chi connectivity index (χ1) is 10.0. The summed E-state index contributed by atoms with van der Waals surface area (Å²) in [6, 6.07) is 3.75. The molecule has 0 saturated carbocycles. The molecule has 0 radical (unpaired) electrons. The number of hydrogen-bond donors (Lipinski definition) is 0. The zero-order valence-corrected chi connectivity index (χ0v) is 15.6. The van der Waals surface area contributed by atoms with Gasteiger partial charge in [-0.2, -0.15) is 5.10 Å². The van der Waals surface area contributed by atoms with E-state index in [0.29, 0.717) is 5.15 Å². The van der Waals surface area contributed by atoms with Crippen LogP contribution in [0.5, 0.6) is 0 Å². The SMILES string of the molecule is Cc1nn(-c2cccnc2)c(Cl)c1C(C(C)(C)C)C(C)(Cl)Cl. The summed E-state index contributed by atoms with van der Waals surface area (Å²) in [6.07, 6.45) is 3.43. The molecule has 120 valence electrons. The maximum absolute atomic E-state index is 6.63. The molecule has 0 aliphatic carbocycles. The molecule has 0 spiro atoms. The fraction of sp³-hybridized carbons (Fsp3) is 0.500. The van der Waals surface area contributed by atoms with Gasteiger partial charge in [0.25, 0.3) is 0 Å².